The zero-order chi connectivity index (χ0) is 15.3. The Labute approximate surface area is 117 Å². The van der Waals surface area contributed by atoms with Gasteiger partial charge in [-0.25, -0.2) is 8.42 Å². The van der Waals surface area contributed by atoms with E-state index in [1.807, 2.05) is 0 Å². The fourth-order valence-electron chi connectivity index (χ4n) is 1.86. The van der Waals surface area contributed by atoms with E-state index in [9.17, 15) is 18.5 Å². The van der Waals surface area contributed by atoms with Crippen LogP contribution in [0.4, 0.5) is 5.69 Å². The molecule has 108 valence electrons. The fraction of sp³-hybridized carbons (Fsp3) is 0.417. The molecule has 8 heteroatoms. The number of nitriles is 1. The van der Waals surface area contributed by atoms with Gasteiger partial charge in [-0.05, 0) is 18.9 Å². The van der Waals surface area contributed by atoms with E-state index in [4.69, 9.17) is 5.26 Å². The minimum atomic E-state index is -4.06. The average molecular weight is 297 g/mol. The van der Waals surface area contributed by atoms with Crippen molar-refractivity contribution in [3.8, 4) is 6.07 Å². The van der Waals surface area contributed by atoms with Gasteiger partial charge in [-0.2, -0.15) is 9.57 Å². The number of aryl methyl sites for hydroxylation is 1. The lowest BCUT2D eigenvalue weighted by Gasteiger charge is -2.19. The number of sulfonamides is 1. The Balaban J connectivity index is 3.49. The van der Waals surface area contributed by atoms with Crippen LogP contribution in [-0.4, -0.2) is 30.7 Å². The summed E-state index contributed by atoms with van der Waals surface area (Å²) < 4.78 is 26.0. The molecule has 0 fully saturated rings. The van der Waals surface area contributed by atoms with Crippen LogP contribution in [0.3, 0.4) is 0 Å². The van der Waals surface area contributed by atoms with E-state index in [-0.39, 0.29) is 18.0 Å². The predicted molar refractivity (Wildman–Crippen MR) is 72.5 cm³/mol. The van der Waals surface area contributed by atoms with E-state index in [0.717, 1.165) is 10.4 Å². The van der Waals surface area contributed by atoms with Crippen LogP contribution in [0.5, 0.6) is 0 Å². The normalized spacial score (nSPS) is 11.3. The van der Waals surface area contributed by atoms with Gasteiger partial charge in [0.1, 0.15) is 6.54 Å². The number of nitro groups is 1. The van der Waals surface area contributed by atoms with Gasteiger partial charge < -0.3 is 0 Å². The molecule has 0 saturated heterocycles. The maximum atomic E-state index is 12.5. The zero-order valence-corrected chi connectivity index (χ0v) is 12.1. The summed E-state index contributed by atoms with van der Waals surface area (Å²) in [6.07, 6.45) is 0.514. The molecule has 0 aromatic heterocycles. The second-order valence-corrected chi connectivity index (χ2v) is 6.05. The van der Waals surface area contributed by atoms with Crippen LogP contribution in [0.25, 0.3) is 0 Å². The van der Waals surface area contributed by atoms with Crippen LogP contribution in [-0.2, 0) is 10.0 Å². The Morgan fingerprint density at radius 3 is 2.60 bits per heavy atom. The highest BCUT2D eigenvalue weighted by Crippen LogP contribution is 2.29. The first-order valence-electron chi connectivity index (χ1n) is 5.97. The maximum absolute atomic E-state index is 12.5. The van der Waals surface area contributed by atoms with E-state index < -0.39 is 20.6 Å². The standard InChI is InChI=1S/C12H15N3O4S/c1-3-8-14(9-7-13)20(18,19)12-10(2)5-4-6-11(12)15(16)17/h4-6H,3,8-9H2,1-2H3. The first-order chi connectivity index (χ1) is 9.36. The molecule has 0 aliphatic rings. The van der Waals surface area contributed by atoms with Crippen LogP contribution < -0.4 is 0 Å². The Hall–Kier alpha value is -1.98. The molecular formula is C12H15N3O4S. The highest BCUT2D eigenvalue weighted by molar-refractivity contribution is 7.89. The third-order valence-electron chi connectivity index (χ3n) is 2.71. The summed E-state index contributed by atoms with van der Waals surface area (Å²) in [6.45, 7) is 3.07. The lowest BCUT2D eigenvalue weighted by Crippen LogP contribution is -2.33. The molecule has 0 aliphatic heterocycles. The molecule has 0 aliphatic carbocycles. The Morgan fingerprint density at radius 1 is 1.45 bits per heavy atom. The summed E-state index contributed by atoms with van der Waals surface area (Å²) in [5.74, 6) is 0. The fourth-order valence-corrected chi connectivity index (χ4v) is 3.65. The van der Waals surface area contributed by atoms with Gasteiger partial charge >= 0.3 is 0 Å². The van der Waals surface area contributed by atoms with E-state index in [1.165, 1.54) is 19.1 Å². The van der Waals surface area contributed by atoms with Crippen molar-refractivity contribution >= 4 is 15.7 Å². The van der Waals surface area contributed by atoms with Crippen molar-refractivity contribution in [2.24, 2.45) is 0 Å². The van der Waals surface area contributed by atoms with Crippen molar-refractivity contribution in [3.63, 3.8) is 0 Å². The third kappa shape index (κ3) is 3.12. The van der Waals surface area contributed by atoms with Gasteiger partial charge in [0, 0.05) is 12.6 Å². The monoisotopic (exact) mass is 297 g/mol. The summed E-state index contributed by atoms with van der Waals surface area (Å²) in [7, 11) is -4.06. The highest BCUT2D eigenvalue weighted by atomic mass is 32.2. The Bertz CT molecular complexity index is 649. The SMILES string of the molecule is CCCN(CC#N)S(=O)(=O)c1c(C)cccc1[N+](=O)[O-]. The topological polar surface area (TPSA) is 104 Å². The molecule has 20 heavy (non-hydrogen) atoms. The highest BCUT2D eigenvalue weighted by Gasteiger charge is 2.32. The molecule has 1 rings (SSSR count). The van der Waals surface area contributed by atoms with Crippen molar-refractivity contribution in [2.75, 3.05) is 13.1 Å². The van der Waals surface area contributed by atoms with Crippen molar-refractivity contribution < 1.29 is 13.3 Å². The smallest absolute Gasteiger partial charge is 0.258 e. The van der Waals surface area contributed by atoms with E-state index in [0.29, 0.717) is 12.0 Å². The lowest BCUT2D eigenvalue weighted by atomic mass is 10.2. The molecule has 0 amide bonds. The molecule has 7 nitrogen and oxygen atoms in total. The average Bonchev–Trinajstić information content (AvgIpc) is 2.37. The van der Waals surface area contributed by atoms with Crippen molar-refractivity contribution in [3.05, 3.63) is 33.9 Å². The third-order valence-corrected chi connectivity index (χ3v) is 4.74. The Morgan fingerprint density at radius 2 is 2.10 bits per heavy atom. The van der Waals surface area contributed by atoms with Crippen LogP contribution in [0.2, 0.25) is 0 Å². The van der Waals surface area contributed by atoms with E-state index in [1.54, 1.807) is 13.0 Å². The molecule has 0 N–H and O–H groups in total. The zero-order valence-electron chi connectivity index (χ0n) is 11.2. The van der Waals surface area contributed by atoms with Crippen LogP contribution in [0.1, 0.15) is 18.9 Å². The Kier molecular flexibility index (Phi) is 5.19. The molecule has 0 bridgehead atoms. The number of benzene rings is 1. The summed E-state index contributed by atoms with van der Waals surface area (Å²) >= 11 is 0. The maximum Gasteiger partial charge on any atom is 0.289 e. The second-order valence-electron chi connectivity index (χ2n) is 4.18. The van der Waals surface area contributed by atoms with Gasteiger partial charge in [-0.15, -0.1) is 0 Å². The quantitative estimate of drug-likeness (QED) is 0.452. The molecule has 0 radical (unpaired) electrons. The van der Waals surface area contributed by atoms with E-state index >= 15 is 0 Å². The van der Waals surface area contributed by atoms with Gasteiger partial charge in [0.2, 0.25) is 0 Å². The number of rotatable bonds is 6. The molecule has 0 spiro atoms. The second kappa shape index (κ2) is 6.45. The van der Waals surface area contributed by atoms with Gasteiger partial charge in [0.05, 0.1) is 11.0 Å². The summed E-state index contributed by atoms with van der Waals surface area (Å²) in [6, 6.07) is 5.85. The first-order valence-corrected chi connectivity index (χ1v) is 7.41. The van der Waals surface area contributed by atoms with Gasteiger partial charge in [-0.3, -0.25) is 10.1 Å². The molecule has 1 aromatic rings. The minimum Gasteiger partial charge on any atom is -0.258 e. The number of nitro benzene ring substituents is 1. The molecule has 0 unspecified atom stereocenters. The van der Waals surface area contributed by atoms with Gasteiger partial charge in [-0.1, -0.05) is 19.1 Å². The summed E-state index contributed by atoms with van der Waals surface area (Å²) in [4.78, 5) is 9.95. The van der Waals surface area contributed by atoms with Crippen LogP contribution in [0, 0.1) is 28.4 Å². The van der Waals surface area contributed by atoms with Crippen LogP contribution in [0.15, 0.2) is 23.1 Å². The van der Waals surface area contributed by atoms with E-state index in [2.05, 4.69) is 0 Å². The number of hydrogen-bond donors (Lipinski definition) is 0. The predicted octanol–water partition coefficient (Wildman–Crippen LogP) is 1.83. The molecular weight excluding hydrogens is 282 g/mol. The van der Waals surface area contributed by atoms with Crippen molar-refractivity contribution in [1.29, 1.82) is 5.26 Å². The molecule has 1 aromatic carbocycles. The lowest BCUT2D eigenvalue weighted by molar-refractivity contribution is -0.387. The summed E-state index contributed by atoms with van der Waals surface area (Å²) in [5, 5.41) is 19.7. The minimum absolute atomic E-state index is 0.140. The largest absolute Gasteiger partial charge is 0.289 e. The van der Waals surface area contributed by atoms with Gasteiger partial charge in [0.15, 0.2) is 4.90 Å². The van der Waals surface area contributed by atoms with Crippen LogP contribution >= 0.6 is 0 Å². The van der Waals surface area contributed by atoms with Gasteiger partial charge in [0.25, 0.3) is 15.7 Å². The van der Waals surface area contributed by atoms with Crippen molar-refractivity contribution in [1.82, 2.24) is 4.31 Å². The van der Waals surface area contributed by atoms with Crippen molar-refractivity contribution in [2.45, 2.75) is 25.2 Å². The number of hydrogen-bond acceptors (Lipinski definition) is 5. The molecule has 0 saturated carbocycles. The number of nitrogens with zero attached hydrogens (tertiary/aromatic N) is 3. The first kappa shape index (κ1) is 16.1. The molecule has 0 atom stereocenters. The summed E-state index contributed by atoms with van der Waals surface area (Å²) in [5.41, 5.74) is -0.178. The molecule has 0 heterocycles.